The number of nitrogens with zero attached hydrogens (tertiary/aromatic N) is 1. The first-order valence-corrected chi connectivity index (χ1v) is 7.41. The first-order chi connectivity index (χ1) is 8.60. The van der Waals surface area contributed by atoms with Crippen LogP contribution in [0.15, 0.2) is 18.2 Å². The van der Waals surface area contributed by atoms with E-state index in [1.54, 1.807) is 17.0 Å². The molecule has 0 saturated heterocycles. The van der Waals surface area contributed by atoms with Crippen LogP contribution in [0.25, 0.3) is 0 Å². The van der Waals surface area contributed by atoms with Gasteiger partial charge < -0.3 is 10.0 Å². The smallest absolute Gasteiger partial charge is 0.255 e. The Hall–Kier alpha value is -0.330. The molecule has 0 heterocycles. The Bertz CT molecular complexity index is 412. The first kappa shape index (κ1) is 15.7. The number of unbranched alkanes of at least 4 members (excludes halogenated alkanes) is 1. The summed E-state index contributed by atoms with van der Waals surface area (Å²) in [7, 11) is 0. The van der Waals surface area contributed by atoms with Crippen LogP contribution < -0.4 is 0 Å². The molecule has 3 nitrogen and oxygen atoms in total. The van der Waals surface area contributed by atoms with Gasteiger partial charge in [-0.1, -0.05) is 24.9 Å². The topological polar surface area (TPSA) is 40.5 Å². The van der Waals surface area contributed by atoms with Gasteiger partial charge in [0.15, 0.2) is 0 Å². The van der Waals surface area contributed by atoms with Crippen LogP contribution in [0.1, 0.15) is 30.1 Å². The van der Waals surface area contributed by atoms with Crippen LogP contribution in [0.5, 0.6) is 0 Å². The van der Waals surface area contributed by atoms with Crippen molar-refractivity contribution in [2.45, 2.75) is 19.8 Å². The van der Waals surface area contributed by atoms with Crippen molar-refractivity contribution in [2.75, 3.05) is 19.7 Å². The van der Waals surface area contributed by atoms with Crippen molar-refractivity contribution >= 4 is 40.1 Å². The standard InChI is InChI=1S/C13H17ClINO2/c1-2-3-6-16(7-8-17)13(18)11-9-10(14)4-5-12(11)15/h4-5,9,17H,2-3,6-8H2,1H3. The Morgan fingerprint density at radius 2 is 2.17 bits per heavy atom. The predicted octanol–water partition coefficient (Wildman–Crippen LogP) is 3.18. The molecule has 0 fully saturated rings. The highest BCUT2D eigenvalue weighted by atomic mass is 127. The first-order valence-electron chi connectivity index (χ1n) is 5.95. The number of rotatable bonds is 6. The van der Waals surface area contributed by atoms with Gasteiger partial charge in [0.05, 0.1) is 12.2 Å². The number of hydrogen-bond acceptors (Lipinski definition) is 2. The van der Waals surface area contributed by atoms with E-state index in [1.807, 2.05) is 6.07 Å². The second kappa shape index (κ2) is 7.96. The second-order valence-corrected chi connectivity index (χ2v) is 5.59. The third kappa shape index (κ3) is 4.40. The van der Waals surface area contributed by atoms with Gasteiger partial charge in [0.2, 0.25) is 0 Å². The van der Waals surface area contributed by atoms with Gasteiger partial charge in [-0.2, -0.15) is 0 Å². The number of aliphatic hydroxyl groups is 1. The molecule has 1 rings (SSSR count). The Morgan fingerprint density at radius 1 is 1.44 bits per heavy atom. The van der Waals surface area contributed by atoms with Crippen LogP contribution in [0.3, 0.4) is 0 Å². The summed E-state index contributed by atoms with van der Waals surface area (Å²) < 4.78 is 0.876. The summed E-state index contributed by atoms with van der Waals surface area (Å²) in [5.41, 5.74) is 0.604. The molecule has 18 heavy (non-hydrogen) atoms. The molecular formula is C13H17ClINO2. The zero-order chi connectivity index (χ0) is 13.5. The molecule has 1 amide bonds. The molecule has 100 valence electrons. The number of aliphatic hydroxyl groups excluding tert-OH is 1. The Kier molecular flexibility index (Phi) is 6.96. The summed E-state index contributed by atoms with van der Waals surface area (Å²) in [6.07, 6.45) is 1.95. The predicted molar refractivity (Wildman–Crippen MR) is 82.1 cm³/mol. The van der Waals surface area contributed by atoms with E-state index in [9.17, 15) is 4.79 Å². The molecule has 0 aliphatic rings. The highest BCUT2D eigenvalue weighted by Gasteiger charge is 2.17. The van der Waals surface area contributed by atoms with Crippen molar-refractivity contribution in [1.82, 2.24) is 4.90 Å². The molecule has 0 aliphatic carbocycles. The van der Waals surface area contributed by atoms with Crippen LogP contribution in [0.4, 0.5) is 0 Å². The van der Waals surface area contributed by atoms with Crippen LogP contribution in [0.2, 0.25) is 5.02 Å². The molecule has 0 unspecified atom stereocenters. The molecule has 1 N–H and O–H groups in total. The maximum absolute atomic E-state index is 12.4. The summed E-state index contributed by atoms with van der Waals surface area (Å²) in [6, 6.07) is 5.28. The summed E-state index contributed by atoms with van der Waals surface area (Å²) in [4.78, 5) is 14.0. The molecule has 5 heteroatoms. The largest absolute Gasteiger partial charge is 0.395 e. The van der Waals surface area contributed by atoms with Crippen LogP contribution >= 0.6 is 34.2 Å². The summed E-state index contributed by atoms with van der Waals surface area (Å²) >= 11 is 8.05. The van der Waals surface area contributed by atoms with Gasteiger partial charge in [0.1, 0.15) is 0 Å². The molecule has 1 aromatic rings. The monoisotopic (exact) mass is 381 g/mol. The van der Waals surface area contributed by atoms with E-state index in [2.05, 4.69) is 29.5 Å². The van der Waals surface area contributed by atoms with Gasteiger partial charge in [0, 0.05) is 21.7 Å². The average molecular weight is 382 g/mol. The van der Waals surface area contributed by atoms with Crippen LogP contribution in [0, 0.1) is 3.57 Å². The zero-order valence-electron chi connectivity index (χ0n) is 10.3. The highest BCUT2D eigenvalue weighted by Crippen LogP contribution is 2.19. The quantitative estimate of drug-likeness (QED) is 0.769. The normalized spacial score (nSPS) is 10.4. The third-order valence-electron chi connectivity index (χ3n) is 2.60. The molecule has 0 bridgehead atoms. The molecule has 0 saturated carbocycles. The summed E-state index contributed by atoms with van der Waals surface area (Å²) in [6.45, 7) is 3.08. The fourth-order valence-corrected chi connectivity index (χ4v) is 2.35. The molecule has 0 radical (unpaired) electrons. The molecule has 0 aromatic heterocycles. The SMILES string of the molecule is CCCCN(CCO)C(=O)c1cc(Cl)ccc1I. The fourth-order valence-electron chi connectivity index (χ4n) is 1.62. The number of amides is 1. The molecule has 0 atom stereocenters. The number of hydrogen-bond donors (Lipinski definition) is 1. The van der Waals surface area contributed by atoms with E-state index < -0.39 is 0 Å². The maximum atomic E-state index is 12.4. The summed E-state index contributed by atoms with van der Waals surface area (Å²) in [5.74, 6) is -0.0654. The Balaban J connectivity index is 2.90. The molecular weight excluding hydrogens is 365 g/mol. The fraction of sp³-hybridized carbons (Fsp3) is 0.462. The highest BCUT2D eigenvalue weighted by molar-refractivity contribution is 14.1. The van der Waals surface area contributed by atoms with Gasteiger partial charge >= 0.3 is 0 Å². The van der Waals surface area contributed by atoms with Crippen molar-refractivity contribution in [3.05, 3.63) is 32.4 Å². The summed E-state index contributed by atoms with van der Waals surface area (Å²) in [5, 5.41) is 9.59. The van der Waals surface area contributed by atoms with Crippen molar-refractivity contribution in [2.24, 2.45) is 0 Å². The van der Waals surface area contributed by atoms with E-state index >= 15 is 0 Å². The van der Waals surface area contributed by atoms with Gasteiger partial charge in [-0.25, -0.2) is 0 Å². The average Bonchev–Trinajstić information content (AvgIpc) is 2.36. The van der Waals surface area contributed by atoms with E-state index in [1.165, 1.54) is 0 Å². The lowest BCUT2D eigenvalue weighted by molar-refractivity contribution is 0.0718. The van der Waals surface area contributed by atoms with Gasteiger partial charge in [-0.15, -0.1) is 0 Å². The number of halogens is 2. The van der Waals surface area contributed by atoms with Gasteiger partial charge in [-0.3, -0.25) is 4.79 Å². The molecule has 1 aromatic carbocycles. The Labute approximate surface area is 126 Å². The molecule has 0 aliphatic heterocycles. The lowest BCUT2D eigenvalue weighted by atomic mass is 10.2. The zero-order valence-corrected chi connectivity index (χ0v) is 13.2. The van der Waals surface area contributed by atoms with Crippen LogP contribution in [-0.2, 0) is 0 Å². The second-order valence-electron chi connectivity index (χ2n) is 3.99. The van der Waals surface area contributed by atoms with E-state index in [4.69, 9.17) is 16.7 Å². The van der Waals surface area contributed by atoms with Crippen molar-refractivity contribution in [3.8, 4) is 0 Å². The number of carbonyl (C=O) groups excluding carboxylic acids is 1. The third-order valence-corrected chi connectivity index (χ3v) is 3.77. The van der Waals surface area contributed by atoms with E-state index in [0.29, 0.717) is 23.7 Å². The van der Waals surface area contributed by atoms with Crippen molar-refractivity contribution in [1.29, 1.82) is 0 Å². The minimum Gasteiger partial charge on any atom is -0.395 e. The Morgan fingerprint density at radius 3 is 2.78 bits per heavy atom. The lowest BCUT2D eigenvalue weighted by Crippen LogP contribution is -2.34. The van der Waals surface area contributed by atoms with Gasteiger partial charge in [0.25, 0.3) is 5.91 Å². The minimum absolute atomic E-state index is 0.0212. The van der Waals surface area contributed by atoms with Crippen molar-refractivity contribution < 1.29 is 9.90 Å². The number of benzene rings is 1. The van der Waals surface area contributed by atoms with E-state index in [-0.39, 0.29) is 12.5 Å². The van der Waals surface area contributed by atoms with E-state index in [0.717, 1.165) is 16.4 Å². The maximum Gasteiger partial charge on any atom is 0.255 e. The van der Waals surface area contributed by atoms with Gasteiger partial charge in [-0.05, 0) is 47.2 Å². The number of carbonyl (C=O) groups is 1. The molecule has 0 spiro atoms. The minimum atomic E-state index is -0.0654. The van der Waals surface area contributed by atoms with Crippen molar-refractivity contribution in [3.63, 3.8) is 0 Å². The lowest BCUT2D eigenvalue weighted by Gasteiger charge is -2.22. The van der Waals surface area contributed by atoms with Crippen LogP contribution in [-0.4, -0.2) is 35.6 Å².